The molecule has 0 radical (unpaired) electrons. The van der Waals surface area contributed by atoms with Crippen molar-refractivity contribution in [3.05, 3.63) is 41.6 Å². The molecule has 1 aliphatic rings. The molecule has 1 aromatic heterocycles. The molecule has 4 nitrogen and oxygen atoms in total. The molecule has 1 saturated carbocycles. The Hall–Kier alpha value is -2.31. The van der Waals surface area contributed by atoms with Crippen LogP contribution in [0.15, 0.2) is 30.3 Å². The topological polar surface area (TPSA) is 66.0 Å². The standard InChI is InChI=1S/C15H13F3N2O2/c16-15(17,18)12-7-11(19-20-12)10-4-2-1-3-9(10)8-14(5-6-14)13(21)22/h1-4,7H,5-6,8H2,(H,19,20)(H,21,22). The van der Waals surface area contributed by atoms with Crippen LogP contribution in [0.4, 0.5) is 13.2 Å². The lowest BCUT2D eigenvalue weighted by molar-refractivity contribution is -0.143. The van der Waals surface area contributed by atoms with Gasteiger partial charge in [-0.05, 0) is 30.9 Å². The predicted octanol–water partition coefficient (Wildman–Crippen LogP) is 3.50. The number of hydrogen-bond acceptors (Lipinski definition) is 2. The first-order chi connectivity index (χ1) is 10.3. The summed E-state index contributed by atoms with van der Waals surface area (Å²) < 4.78 is 38.0. The Balaban J connectivity index is 1.95. The van der Waals surface area contributed by atoms with Gasteiger partial charge in [-0.1, -0.05) is 24.3 Å². The number of carboxylic acids is 1. The van der Waals surface area contributed by atoms with Crippen LogP contribution in [0.1, 0.15) is 24.1 Å². The lowest BCUT2D eigenvalue weighted by Crippen LogP contribution is -2.17. The molecule has 7 heteroatoms. The Morgan fingerprint density at radius 3 is 2.55 bits per heavy atom. The third-order valence-corrected chi connectivity index (χ3v) is 4.01. The van der Waals surface area contributed by atoms with Crippen LogP contribution in [0.3, 0.4) is 0 Å². The van der Waals surface area contributed by atoms with Gasteiger partial charge < -0.3 is 5.11 Å². The summed E-state index contributed by atoms with van der Waals surface area (Å²) in [5.74, 6) is -0.861. The molecule has 0 saturated heterocycles. The van der Waals surface area contributed by atoms with E-state index in [1.165, 1.54) is 0 Å². The molecular formula is C15H13F3N2O2. The van der Waals surface area contributed by atoms with E-state index in [2.05, 4.69) is 5.10 Å². The van der Waals surface area contributed by atoms with Crippen LogP contribution in [-0.2, 0) is 17.4 Å². The number of benzene rings is 1. The van der Waals surface area contributed by atoms with E-state index in [4.69, 9.17) is 0 Å². The molecule has 0 spiro atoms. The highest BCUT2D eigenvalue weighted by Crippen LogP contribution is 2.49. The summed E-state index contributed by atoms with van der Waals surface area (Å²) in [5, 5.41) is 15.0. The van der Waals surface area contributed by atoms with Crippen molar-refractivity contribution in [1.29, 1.82) is 0 Å². The number of nitrogens with one attached hydrogen (secondary N) is 1. The molecule has 1 aliphatic carbocycles. The molecule has 0 unspecified atom stereocenters. The minimum atomic E-state index is -4.49. The van der Waals surface area contributed by atoms with Crippen LogP contribution in [-0.4, -0.2) is 21.3 Å². The SMILES string of the molecule is O=C(O)C1(Cc2ccccc2-c2cc(C(F)(F)F)[nH]n2)CC1. The molecule has 0 bridgehead atoms. The maximum absolute atomic E-state index is 12.7. The third-order valence-electron chi connectivity index (χ3n) is 4.01. The van der Waals surface area contributed by atoms with Crippen LogP contribution in [0.25, 0.3) is 11.3 Å². The second kappa shape index (κ2) is 4.86. The van der Waals surface area contributed by atoms with Gasteiger partial charge in [0, 0.05) is 5.56 Å². The zero-order chi connectivity index (χ0) is 16.0. The fraction of sp³-hybridized carbons (Fsp3) is 0.333. The number of aromatic nitrogens is 2. The Bertz CT molecular complexity index is 718. The van der Waals surface area contributed by atoms with Crippen molar-refractivity contribution in [2.24, 2.45) is 5.41 Å². The lowest BCUT2D eigenvalue weighted by Gasteiger charge is -2.12. The van der Waals surface area contributed by atoms with E-state index in [1.807, 2.05) is 5.10 Å². The minimum Gasteiger partial charge on any atom is -0.481 e. The number of nitrogens with zero attached hydrogens (tertiary/aromatic N) is 1. The van der Waals surface area contributed by atoms with Crippen molar-refractivity contribution in [3.63, 3.8) is 0 Å². The van der Waals surface area contributed by atoms with E-state index < -0.39 is 23.3 Å². The highest BCUT2D eigenvalue weighted by Gasteiger charge is 2.50. The second-order valence-corrected chi connectivity index (χ2v) is 5.58. The number of carboxylic acid groups (broad SMARTS) is 1. The monoisotopic (exact) mass is 310 g/mol. The maximum Gasteiger partial charge on any atom is 0.432 e. The van der Waals surface area contributed by atoms with Gasteiger partial charge in [0.05, 0.1) is 11.1 Å². The summed E-state index contributed by atoms with van der Waals surface area (Å²) in [6, 6.07) is 7.78. The Morgan fingerprint density at radius 1 is 1.32 bits per heavy atom. The van der Waals surface area contributed by atoms with Crippen LogP contribution < -0.4 is 0 Å². The number of aromatic amines is 1. The summed E-state index contributed by atoms with van der Waals surface area (Å²) >= 11 is 0. The van der Waals surface area contributed by atoms with E-state index in [0.717, 1.165) is 6.07 Å². The lowest BCUT2D eigenvalue weighted by atomic mass is 9.92. The number of carbonyl (C=O) groups is 1. The van der Waals surface area contributed by atoms with Gasteiger partial charge in [0.15, 0.2) is 0 Å². The van der Waals surface area contributed by atoms with E-state index in [-0.39, 0.29) is 5.69 Å². The molecule has 0 aliphatic heterocycles. The van der Waals surface area contributed by atoms with Gasteiger partial charge in [-0.15, -0.1) is 0 Å². The molecule has 3 rings (SSSR count). The summed E-state index contributed by atoms with van der Waals surface area (Å²) in [6.07, 6.45) is -3.01. The van der Waals surface area contributed by atoms with E-state index in [9.17, 15) is 23.1 Å². The molecular weight excluding hydrogens is 297 g/mol. The van der Waals surface area contributed by atoms with Gasteiger partial charge in [0.25, 0.3) is 0 Å². The molecule has 0 atom stereocenters. The average Bonchev–Trinajstić information content (AvgIpc) is 3.05. The van der Waals surface area contributed by atoms with Gasteiger partial charge >= 0.3 is 12.1 Å². The zero-order valence-corrected chi connectivity index (χ0v) is 11.4. The van der Waals surface area contributed by atoms with E-state index in [0.29, 0.717) is 30.4 Å². The van der Waals surface area contributed by atoms with Crippen LogP contribution >= 0.6 is 0 Å². The number of aliphatic carboxylic acids is 1. The van der Waals surface area contributed by atoms with Gasteiger partial charge in [0.2, 0.25) is 0 Å². The fourth-order valence-corrected chi connectivity index (χ4v) is 2.51. The first kappa shape index (κ1) is 14.6. The predicted molar refractivity (Wildman–Crippen MR) is 72.0 cm³/mol. The first-order valence-corrected chi connectivity index (χ1v) is 6.76. The van der Waals surface area contributed by atoms with Crippen LogP contribution in [0.2, 0.25) is 0 Å². The van der Waals surface area contributed by atoms with Crippen LogP contribution in [0.5, 0.6) is 0 Å². The van der Waals surface area contributed by atoms with Crippen molar-refractivity contribution in [2.75, 3.05) is 0 Å². The first-order valence-electron chi connectivity index (χ1n) is 6.76. The van der Waals surface area contributed by atoms with Crippen molar-refractivity contribution in [3.8, 4) is 11.3 Å². The maximum atomic E-state index is 12.7. The average molecular weight is 310 g/mol. The molecule has 1 heterocycles. The molecule has 2 aromatic rings. The van der Waals surface area contributed by atoms with Gasteiger partial charge in [0.1, 0.15) is 5.69 Å². The Kier molecular flexibility index (Phi) is 3.23. The highest BCUT2D eigenvalue weighted by molar-refractivity contribution is 5.79. The second-order valence-electron chi connectivity index (χ2n) is 5.58. The van der Waals surface area contributed by atoms with Gasteiger partial charge in [-0.3, -0.25) is 9.89 Å². The van der Waals surface area contributed by atoms with Gasteiger partial charge in [-0.25, -0.2) is 0 Å². The van der Waals surface area contributed by atoms with E-state index >= 15 is 0 Å². The number of hydrogen-bond donors (Lipinski definition) is 2. The van der Waals surface area contributed by atoms with Crippen molar-refractivity contribution in [1.82, 2.24) is 10.2 Å². The quantitative estimate of drug-likeness (QED) is 0.908. The Labute approximate surface area is 124 Å². The van der Waals surface area contributed by atoms with Crippen molar-refractivity contribution in [2.45, 2.75) is 25.4 Å². The number of rotatable bonds is 4. The molecule has 0 amide bonds. The number of alkyl halides is 3. The zero-order valence-electron chi connectivity index (χ0n) is 11.4. The fourth-order valence-electron chi connectivity index (χ4n) is 2.51. The number of halogens is 3. The summed E-state index contributed by atoms with van der Waals surface area (Å²) in [6.45, 7) is 0. The summed E-state index contributed by atoms with van der Waals surface area (Å²) in [7, 11) is 0. The van der Waals surface area contributed by atoms with Crippen molar-refractivity contribution < 1.29 is 23.1 Å². The largest absolute Gasteiger partial charge is 0.481 e. The summed E-state index contributed by atoms with van der Waals surface area (Å²) in [4.78, 5) is 11.3. The van der Waals surface area contributed by atoms with Crippen LogP contribution in [0, 0.1) is 5.41 Å². The van der Waals surface area contributed by atoms with Crippen molar-refractivity contribution >= 4 is 5.97 Å². The van der Waals surface area contributed by atoms with Gasteiger partial charge in [-0.2, -0.15) is 18.3 Å². The molecule has 1 aromatic carbocycles. The molecule has 22 heavy (non-hydrogen) atoms. The van der Waals surface area contributed by atoms with E-state index in [1.54, 1.807) is 24.3 Å². The minimum absolute atomic E-state index is 0.170. The Morgan fingerprint density at radius 2 is 2.00 bits per heavy atom. The normalized spacial score (nSPS) is 16.5. The molecule has 2 N–H and O–H groups in total. The number of H-pyrrole nitrogens is 1. The highest BCUT2D eigenvalue weighted by atomic mass is 19.4. The summed E-state index contributed by atoms with van der Waals surface area (Å²) in [5.41, 5.74) is -0.301. The smallest absolute Gasteiger partial charge is 0.432 e. The molecule has 1 fully saturated rings. The third kappa shape index (κ3) is 2.58. The molecule has 116 valence electrons.